The first-order valence-corrected chi connectivity index (χ1v) is 6.92. The molecule has 0 atom stereocenters. The zero-order valence-corrected chi connectivity index (χ0v) is 11.1. The number of hydrogen-bond donors (Lipinski definition) is 1. The Morgan fingerprint density at radius 3 is 2.35 bits per heavy atom. The summed E-state index contributed by atoms with van der Waals surface area (Å²) in [6.45, 7) is 5.71. The van der Waals surface area contributed by atoms with Crippen LogP contribution in [-0.4, -0.2) is 61.0 Å². The topological polar surface area (TPSA) is 35.6 Å². The second-order valence-corrected chi connectivity index (χ2v) is 5.31. The lowest BCUT2D eigenvalue weighted by atomic mass is 10.1. The summed E-state index contributed by atoms with van der Waals surface area (Å²) in [5.74, 6) is 0.316. The maximum absolute atomic E-state index is 12.2. The van der Waals surface area contributed by atoms with E-state index in [2.05, 4.69) is 29.1 Å². The summed E-state index contributed by atoms with van der Waals surface area (Å²) >= 11 is 0. The molecule has 4 heteroatoms. The van der Waals surface area contributed by atoms with Crippen LogP contribution in [0.4, 0.5) is 0 Å². The van der Waals surface area contributed by atoms with Crippen LogP contribution in [0.15, 0.2) is 0 Å². The van der Waals surface area contributed by atoms with Crippen molar-refractivity contribution in [3.05, 3.63) is 0 Å². The smallest absolute Gasteiger partial charge is 0.236 e. The van der Waals surface area contributed by atoms with Crippen molar-refractivity contribution in [1.29, 1.82) is 0 Å². The van der Waals surface area contributed by atoms with E-state index < -0.39 is 0 Å². The molecular formula is C13H25N3O. The lowest BCUT2D eigenvalue weighted by molar-refractivity contribution is -0.133. The number of nitrogens with zero attached hydrogens (tertiary/aromatic N) is 2. The Morgan fingerprint density at radius 1 is 1.18 bits per heavy atom. The van der Waals surface area contributed by atoms with Gasteiger partial charge in [0.25, 0.3) is 0 Å². The largest absolute Gasteiger partial charge is 0.339 e. The third-order valence-corrected chi connectivity index (χ3v) is 3.97. The normalized spacial score (nSPS) is 21.8. The van der Waals surface area contributed by atoms with Crippen LogP contribution in [-0.2, 0) is 4.79 Å². The van der Waals surface area contributed by atoms with E-state index in [-0.39, 0.29) is 0 Å². The molecule has 98 valence electrons. The van der Waals surface area contributed by atoms with Crippen LogP contribution in [0.5, 0.6) is 0 Å². The van der Waals surface area contributed by atoms with Gasteiger partial charge in [0, 0.05) is 18.6 Å². The molecule has 1 aliphatic carbocycles. The van der Waals surface area contributed by atoms with Gasteiger partial charge in [-0.15, -0.1) is 0 Å². The number of rotatable bonds is 5. The summed E-state index contributed by atoms with van der Waals surface area (Å²) in [5.41, 5.74) is 0. The van der Waals surface area contributed by atoms with Gasteiger partial charge in [-0.2, -0.15) is 0 Å². The molecule has 1 saturated carbocycles. The molecule has 17 heavy (non-hydrogen) atoms. The Balaban J connectivity index is 1.79. The number of likely N-dealkylation sites (N-methyl/N-ethyl adjacent to an activating group) is 2. The average Bonchev–Trinajstić information content (AvgIpc) is 3.15. The quantitative estimate of drug-likeness (QED) is 0.766. The van der Waals surface area contributed by atoms with Gasteiger partial charge in [0.15, 0.2) is 0 Å². The third kappa shape index (κ3) is 3.42. The summed E-state index contributed by atoms with van der Waals surface area (Å²) in [7, 11) is 2.09. The minimum absolute atomic E-state index is 0.316. The van der Waals surface area contributed by atoms with Crippen molar-refractivity contribution in [2.24, 2.45) is 0 Å². The SMILES string of the molecule is CCN(C(=O)CN(C)C1CCNCC1)C1CC1. The fourth-order valence-corrected chi connectivity index (χ4v) is 2.71. The number of carbonyl (C=O) groups is 1. The van der Waals surface area contributed by atoms with Gasteiger partial charge in [0.1, 0.15) is 0 Å². The van der Waals surface area contributed by atoms with E-state index in [9.17, 15) is 4.79 Å². The lowest BCUT2D eigenvalue weighted by Crippen LogP contribution is -2.46. The van der Waals surface area contributed by atoms with E-state index in [4.69, 9.17) is 0 Å². The van der Waals surface area contributed by atoms with Crippen LogP contribution < -0.4 is 5.32 Å². The molecule has 0 aromatic rings. The summed E-state index contributed by atoms with van der Waals surface area (Å²) in [4.78, 5) is 16.5. The van der Waals surface area contributed by atoms with E-state index in [0.29, 0.717) is 24.5 Å². The Morgan fingerprint density at radius 2 is 1.82 bits per heavy atom. The van der Waals surface area contributed by atoms with Gasteiger partial charge >= 0.3 is 0 Å². The van der Waals surface area contributed by atoms with Crippen LogP contribution in [0.3, 0.4) is 0 Å². The minimum Gasteiger partial charge on any atom is -0.339 e. The van der Waals surface area contributed by atoms with Gasteiger partial charge < -0.3 is 10.2 Å². The monoisotopic (exact) mass is 239 g/mol. The Labute approximate surface area is 104 Å². The fraction of sp³-hybridized carbons (Fsp3) is 0.923. The van der Waals surface area contributed by atoms with Crippen LogP contribution in [0, 0.1) is 0 Å². The minimum atomic E-state index is 0.316. The van der Waals surface area contributed by atoms with Gasteiger partial charge in [-0.3, -0.25) is 9.69 Å². The standard InChI is InChI=1S/C13H25N3O/c1-3-16(12-4-5-12)13(17)10-15(2)11-6-8-14-9-7-11/h11-12,14H,3-10H2,1-2H3. The van der Waals surface area contributed by atoms with Gasteiger partial charge in [0.2, 0.25) is 5.91 Å². The van der Waals surface area contributed by atoms with E-state index in [1.54, 1.807) is 0 Å². The number of amides is 1. The lowest BCUT2D eigenvalue weighted by Gasteiger charge is -2.32. The summed E-state index contributed by atoms with van der Waals surface area (Å²) < 4.78 is 0. The highest BCUT2D eigenvalue weighted by atomic mass is 16.2. The second kappa shape index (κ2) is 5.83. The van der Waals surface area contributed by atoms with Crippen molar-refractivity contribution >= 4 is 5.91 Å². The Hall–Kier alpha value is -0.610. The van der Waals surface area contributed by atoms with E-state index in [0.717, 1.165) is 19.6 Å². The van der Waals surface area contributed by atoms with Crippen molar-refractivity contribution in [3.63, 3.8) is 0 Å². The maximum Gasteiger partial charge on any atom is 0.236 e. The molecule has 4 nitrogen and oxygen atoms in total. The van der Waals surface area contributed by atoms with Crippen LogP contribution in [0.1, 0.15) is 32.6 Å². The molecule has 2 fully saturated rings. The molecule has 1 amide bonds. The van der Waals surface area contributed by atoms with Gasteiger partial charge in [0.05, 0.1) is 6.54 Å². The number of nitrogens with one attached hydrogen (secondary N) is 1. The van der Waals surface area contributed by atoms with E-state index in [1.165, 1.54) is 25.7 Å². The van der Waals surface area contributed by atoms with Crippen molar-refractivity contribution in [1.82, 2.24) is 15.1 Å². The fourth-order valence-electron chi connectivity index (χ4n) is 2.71. The predicted molar refractivity (Wildman–Crippen MR) is 68.9 cm³/mol. The highest BCUT2D eigenvalue weighted by Gasteiger charge is 2.32. The predicted octanol–water partition coefficient (Wildman–Crippen LogP) is 0.681. The first-order valence-electron chi connectivity index (χ1n) is 6.92. The average molecular weight is 239 g/mol. The zero-order valence-electron chi connectivity index (χ0n) is 11.1. The van der Waals surface area contributed by atoms with Crippen LogP contribution in [0.25, 0.3) is 0 Å². The van der Waals surface area contributed by atoms with E-state index in [1.807, 2.05) is 0 Å². The van der Waals surface area contributed by atoms with Crippen LogP contribution >= 0.6 is 0 Å². The molecule has 0 unspecified atom stereocenters. The molecule has 0 bridgehead atoms. The molecule has 0 aromatic carbocycles. The molecule has 1 heterocycles. The molecule has 1 aliphatic heterocycles. The summed E-state index contributed by atoms with van der Waals surface area (Å²) in [5, 5.41) is 3.36. The molecule has 2 rings (SSSR count). The van der Waals surface area contributed by atoms with Gasteiger partial charge in [-0.1, -0.05) is 0 Å². The molecular weight excluding hydrogens is 214 g/mol. The molecule has 0 spiro atoms. The zero-order chi connectivity index (χ0) is 12.3. The maximum atomic E-state index is 12.2. The summed E-state index contributed by atoms with van der Waals surface area (Å²) in [6, 6.07) is 1.13. The summed E-state index contributed by atoms with van der Waals surface area (Å²) in [6.07, 6.45) is 4.74. The molecule has 1 N–H and O–H groups in total. The number of carbonyl (C=O) groups excluding carboxylic acids is 1. The second-order valence-electron chi connectivity index (χ2n) is 5.31. The molecule has 2 aliphatic rings. The first-order chi connectivity index (χ1) is 8.22. The van der Waals surface area contributed by atoms with Crippen molar-refractivity contribution in [2.75, 3.05) is 33.2 Å². The number of piperidine rings is 1. The van der Waals surface area contributed by atoms with Crippen LogP contribution in [0.2, 0.25) is 0 Å². The van der Waals surface area contributed by atoms with E-state index >= 15 is 0 Å². The Kier molecular flexibility index (Phi) is 4.40. The first kappa shape index (κ1) is 12.8. The van der Waals surface area contributed by atoms with Gasteiger partial charge in [-0.25, -0.2) is 0 Å². The van der Waals surface area contributed by atoms with Gasteiger partial charge in [-0.05, 0) is 52.7 Å². The third-order valence-electron chi connectivity index (χ3n) is 3.97. The van der Waals surface area contributed by atoms with Crippen molar-refractivity contribution < 1.29 is 4.79 Å². The molecule has 1 saturated heterocycles. The van der Waals surface area contributed by atoms with Crippen molar-refractivity contribution in [2.45, 2.75) is 44.7 Å². The molecule has 0 radical (unpaired) electrons. The Bertz CT molecular complexity index is 259. The highest BCUT2D eigenvalue weighted by molar-refractivity contribution is 5.78. The number of hydrogen-bond acceptors (Lipinski definition) is 3. The van der Waals surface area contributed by atoms with Crippen molar-refractivity contribution in [3.8, 4) is 0 Å². The molecule has 0 aromatic heterocycles. The highest BCUT2D eigenvalue weighted by Crippen LogP contribution is 2.26.